The number of aromatic nitrogens is 3. The van der Waals surface area contributed by atoms with Crippen molar-refractivity contribution >= 4 is 27.9 Å². The van der Waals surface area contributed by atoms with E-state index >= 15 is 0 Å². The molecule has 2 atom stereocenters. The van der Waals surface area contributed by atoms with Crippen molar-refractivity contribution in [2.24, 2.45) is 0 Å². The Morgan fingerprint density at radius 2 is 1.66 bits per heavy atom. The summed E-state index contributed by atoms with van der Waals surface area (Å²) in [5, 5.41) is 21.3. The number of pyridine rings is 1. The number of imidazole rings is 1. The number of nitrogens with zero attached hydrogens (tertiary/aromatic N) is 3. The highest BCUT2D eigenvalue weighted by Crippen LogP contribution is 2.37. The Balaban J connectivity index is 1.50. The molecule has 2 N–H and O–H groups in total. The van der Waals surface area contributed by atoms with Gasteiger partial charge < -0.3 is 14.8 Å². The van der Waals surface area contributed by atoms with Gasteiger partial charge in [-0.2, -0.15) is 0 Å². The Labute approximate surface area is 202 Å². The Kier molecular flexibility index (Phi) is 5.30. The van der Waals surface area contributed by atoms with E-state index in [0.717, 1.165) is 64.7 Å². The largest absolute Gasteiger partial charge is 0.478 e. The number of carbonyl (C=O) groups is 1. The second-order valence-electron chi connectivity index (χ2n) is 9.20. The standard InChI is InChI=1S/C29H25N3O3/c33-27-9-5-4-8-26(27)32-25-15-12-21(29(34)35)17-24(25)31-28(32)20-11-14-23-19(16-20)10-13-22(30-23)18-6-2-1-3-7-18/h1-3,6-7,10-17,26-27,33H,4-5,8-9H2,(H,34,35)/t26-,27-/m1/s1. The molecule has 0 spiro atoms. The molecule has 6 nitrogen and oxygen atoms in total. The number of hydrogen-bond acceptors (Lipinski definition) is 4. The number of carboxylic acids is 1. The molecule has 0 unspecified atom stereocenters. The van der Waals surface area contributed by atoms with E-state index in [0.29, 0.717) is 5.52 Å². The van der Waals surface area contributed by atoms with Crippen LogP contribution >= 0.6 is 0 Å². The van der Waals surface area contributed by atoms with Gasteiger partial charge in [-0.3, -0.25) is 0 Å². The number of aromatic carboxylic acids is 1. The van der Waals surface area contributed by atoms with Crippen LogP contribution in [-0.4, -0.2) is 36.8 Å². The fourth-order valence-electron chi connectivity index (χ4n) is 5.20. The normalized spacial score (nSPS) is 18.2. The van der Waals surface area contributed by atoms with E-state index in [1.165, 1.54) is 0 Å². The van der Waals surface area contributed by atoms with Gasteiger partial charge in [0, 0.05) is 16.5 Å². The molecule has 3 aromatic carbocycles. The molecule has 0 radical (unpaired) electrons. The molecular formula is C29H25N3O3. The first-order valence-electron chi connectivity index (χ1n) is 12.0. The third kappa shape index (κ3) is 3.86. The SMILES string of the molecule is O=C(O)c1ccc2c(c1)nc(-c1ccc3nc(-c4ccccc4)ccc3c1)n2[C@@H]1CCCC[C@H]1O. The number of fused-ring (bicyclic) bond motifs is 2. The minimum Gasteiger partial charge on any atom is -0.478 e. The molecule has 35 heavy (non-hydrogen) atoms. The first-order chi connectivity index (χ1) is 17.1. The van der Waals surface area contributed by atoms with Gasteiger partial charge in [0.2, 0.25) is 0 Å². The summed E-state index contributed by atoms with van der Waals surface area (Å²) < 4.78 is 2.11. The highest BCUT2D eigenvalue weighted by molar-refractivity contribution is 5.94. The molecule has 2 heterocycles. The van der Waals surface area contributed by atoms with Crippen molar-refractivity contribution in [3.8, 4) is 22.6 Å². The molecule has 0 amide bonds. The number of rotatable bonds is 4. The molecule has 1 fully saturated rings. The second-order valence-corrected chi connectivity index (χ2v) is 9.20. The summed E-state index contributed by atoms with van der Waals surface area (Å²) >= 11 is 0. The lowest BCUT2D eigenvalue weighted by Crippen LogP contribution is -2.28. The Hall–Kier alpha value is -4.03. The van der Waals surface area contributed by atoms with Crippen molar-refractivity contribution in [2.75, 3.05) is 0 Å². The quantitative estimate of drug-likeness (QED) is 0.337. The predicted molar refractivity (Wildman–Crippen MR) is 136 cm³/mol. The second kappa shape index (κ2) is 8.64. The Morgan fingerprint density at radius 3 is 2.46 bits per heavy atom. The lowest BCUT2D eigenvalue weighted by atomic mass is 9.92. The maximum Gasteiger partial charge on any atom is 0.335 e. The smallest absolute Gasteiger partial charge is 0.335 e. The molecule has 2 aromatic heterocycles. The zero-order valence-corrected chi connectivity index (χ0v) is 19.1. The molecule has 0 saturated heterocycles. The van der Waals surface area contributed by atoms with E-state index in [2.05, 4.69) is 16.7 Å². The molecule has 0 aliphatic heterocycles. The van der Waals surface area contributed by atoms with Crippen LogP contribution in [-0.2, 0) is 0 Å². The molecule has 1 saturated carbocycles. The van der Waals surface area contributed by atoms with Crippen LogP contribution in [0.2, 0.25) is 0 Å². The van der Waals surface area contributed by atoms with Gasteiger partial charge in [0.25, 0.3) is 0 Å². The monoisotopic (exact) mass is 463 g/mol. The Bertz CT molecular complexity index is 1560. The molecule has 1 aliphatic carbocycles. The van der Waals surface area contributed by atoms with Crippen LogP contribution in [0.15, 0.2) is 78.9 Å². The molecule has 174 valence electrons. The van der Waals surface area contributed by atoms with Crippen molar-refractivity contribution in [3.63, 3.8) is 0 Å². The number of carboxylic acid groups (broad SMARTS) is 1. The average Bonchev–Trinajstić information content (AvgIpc) is 3.27. The van der Waals surface area contributed by atoms with Gasteiger partial charge in [-0.15, -0.1) is 0 Å². The summed E-state index contributed by atoms with van der Waals surface area (Å²) in [5.74, 6) is -0.241. The van der Waals surface area contributed by atoms with Crippen LogP contribution in [0.4, 0.5) is 0 Å². The van der Waals surface area contributed by atoms with Gasteiger partial charge in [0.1, 0.15) is 5.82 Å². The molecular weight excluding hydrogens is 438 g/mol. The van der Waals surface area contributed by atoms with E-state index in [9.17, 15) is 15.0 Å². The minimum atomic E-state index is -0.980. The number of benzene rings is 3. The van der Waals surface area contributed by atoms with Crippen LogP contribution in [0.25, 0.3) is 44.6 Å². The number of aliphatic hydroxyl groups excluding tert-OH is 1. The summed E-state index contributed by atoms with van der Waals surface area (Å²) in [4.78, 5) is 21.3. The summed E-state index contributed by atoms with van der Waals surface area (Å²) in [6.07, 6.45) is 3.19. The summed E-state index contributed by atoms with van der Waals surface area (Å²) in [5.41, 5.74) is 5.46. The van der Waals surface area contributed by atoms with Crippen molar-refractivity contribution in [1.29, 1.82) is 0 Å². The molecule has 0 bridgehead atoms. The van der Waals surface area contributed by atoms with Crippen molar-refractivity contribution in [3.05, 3.63) is 84.4 Å². The highest BCUT2D eigenvalue weighted by Gasteiger charge is 2.29. The summed E-state index contributed by atoms with van der Waals surface area (Å²) in [6, 6.07) is 25.2. The first kappa shape index (κ1) is 21.5. The first-order valence-corrected chi connectivity index (χ1v) is 12.0. The Morgan fingerprint density at radius 1 is 0.829 bits per heavy atom. The van der Waals surface area contributed by atoms with Gasteiger partial charge >= 0.3 is 5.97 Å². The minimum absolute atomic E-state index is 0.103. The van der Waals surface area contributed by atoms with E-state index in [4.69, 9.17) is 9.97 Å². The van der Waals surface area contributed by atoms with Crippen molar-refractivity contribution in [2.45, 2.75) is 37.8 Å². The number of aliphatic hydroxyl groups is 1. The van der Waals surface area contributed by atoms with E-state index in [-0.39, 0.29) is 11.6 Å². The number of hydrogen-bond donors (Lipinski definition) is 2. The zero-order valence-electron chi connectivity index (χ0n) is 19.1. The van der Waals surface area contributed by atoms with Gasteiger partial charge in [0.15, 0.2) is 0 Å². The molecule has 6 rings (SSSR count). The lowest BCUT2D eigenvalue weighted by molar-refractivity contribution is 0.0696. The van der Waals surface area contributed by atoms with Gasteiger partial charge in [-0.05, 0) is 55.3 Å². The maximum atomic E-state index is 11.6. The van der Waals surface area contributed by atoms with Gasteiger partial charge in [0.05, 0.1) is 40.0 Å². The fourth-order valence-corrected chi connectivity index (χ4v) is 5.20. The van der Waals surface area contributed by atoms with Crippen molar-refractivity contribution < 1.29 is 15.0 Å². The van der Waals surface area contributed by atoms with Crippen LogP contribution in [0.3, 0.4) is 0 Å². The third-order valence-corrected chi connectivity index (χ3v) is 6.98. The molecule has 1 aliphatic rings. The fraction of sp³-hybridized carbons (Fsp3) is 0.207. The van der Waals surface area contributed by atoms with Crippen LogP contribution in [0.5, 0.6) is 0 Å². The van der Waals surface area contributed by atoms with Gasteiger partial charge in [-0.25, -0.2) is 14.8 Å². The highest BCUT2D eigenvalue weighted by atomic mass is 16.4. The van der Waals surface area contributed by atoms with E-state index < -0.39 is 12.1 Å². The predicted octanol–water partition coefficient (Wildman–Crippen LogP) is 6.09. The average molecular weight is 464 g/mol. The van der Waals surface area contributed by atoms with Crippen LogP contribution in [0, 0.1) is 0 Å². The summed E-state index contributed by atoms with van der Waals surface area (Å²) in [7, 11) is 0. The zero-order chi connectivity index (χ0) is 23.9. The molecule has 5 aromatic rings. The van der Waals surface area contributed by atoms with E-state index in [1.54, 1.807) is 12.1 Å². The van der Waals surface area contributed by atoms with Gasteiger partial charge in [-0.1, -0.05) is 49.2 Å². The maximum absolute atomic E-state index is 11.6. The molecule has 6 heteroatoms. The van der Waals surface area contributed by atoms with Crippen molar-refractivity contribution in [1.82, 2.24) is 14.5 Å². The topological polar surface area (TPSA) is 88.2 Å². The van der Waals surface area contributed by atoms with Crippen LogP contribution < -0.4 is 0 Å². The summed E-state index contributed by atoms with van der Waals surface area (Å²) in [6.45, 7) is 0. The van der Waals surface area contributed by atoms with Crippen LogP contribution in [0.1, 0.15) is 42.1 Å². The van der Waals surface area contributed by atoms with E-state index in [1.807, 2.05) is 54.6 Å². The lowest BCUT2D eigenvalue weighted by Gasteiger charge is -2.30. The third-order valence-electron chi connectivity index (χ3n) is 6.98.